The van der Waals surface area contributed by atoms with E-state index in [9.17, 15) is 14.9 Å². The molecule has 0 saturated carbocycles. The standard InChI is InChI=1S/C18H17N5O3S/c1-11-6-7-15(12(2)8-11)19-16(24)10-27-18-20-17(21-22-18)13-4-3-5-14(9-13)23(25)26/h3-9H,10H2,1-2H3,(H,19,24)(H,20,21,22). The van der Waals surface area contributed by atoms with E-state index in [1.165, 1.54) is 23.9 Å². The fourth-order valence-corrected chi connectivity index (χ4v) is 3.08. The Morgan fingerprint density at radius 1 is 1.26 bits per heavy atom. The fraction of sp³-hybridized carbons (Fsp3) is 0.167. The first-order valence-corrected chi connectivity index (χ1v) is 9.08. The minimum atomic E-state index is -0.465. The Bertz CT molecular complexity index is 1000. The van der Waals surface area contributed by atoms with Gasteiger partial charge in [0.15, 0.2) is 5.82 Å². The van der Waals surface area contributed by atoms with Gasteiger partial charge in [0.25, 0.3) is 5.69 Å². The number of anilines is 1. The summed E-state index contributed by atoms with van der Waals surface area (Å²) in [6.07, 6.45) is 0. The fourth-order valence-electron chi connectivity index (χ4n) is 2.48. The van der Waals surface area contributed by atoms with Crippen molar-refractivity contribution in [2.45, 2.75) is 19.0 Å². The number of aromatic nitrogens is 3. The molecule has 0 atom stereocenters. The molecular formula is C18H17N5O3S. The Morgan fingerprint density at radius 2 is 2.07 bits per heavy atom. The summed E-state index contributed by atoms with van der Waals surface area (Å²) in [7, 11) is 0. The molecule has 0 aliphatic carbocycles. The molecular weight excluding hydrogens is 366 g/mol. The molecule has 3 rings (SSSR count). The van der Waals surface area contributed by atoms with E-state index in [2.05, 4.69) is 20.5 Å². The summed E-state index contributed by atoms with van der Waals surface area (Å²) in [6.45, 7) is 3.94. The topological polar surface area (TPSA) is 114 Å². The maximum atomic E-state index is 12.1. The quantitative estimate of drug-likeness (QED) is 0.381. The predicted octanol–water partition coefficient (Wildman–Crippen LogP) is 3.73. The summed E-state index contributed by atoms with van der Waals surface area (Å²) in [4.78, 5) is 26.8. The summed E-state index contributed by atoms with van der Waals surface area (Å²) in [5.41, 5.74) is 3.45. The zero-order valence-corrected chi connectivity index (χ0v) is 15.5. The minimum Gasteiger partial charge on any atom is -0.325 e. The van der Waals surface area contributed by atoms with Crippen LogP contribution < -0.4 is 5.32 Å². The van der Waals surface area contributed by atoms with Crippen molar-refractivity contribution in [3.63, 3.8) is 0 Å². The number of nitro groups is 1. The van der Waals surface area contributed by atoms with Gasteiger partial charge < -0.3 is 5.32 Å². The van der Waals surface area contributed by atoms with Crippen molar-refractivity contribution in [3.05, 3.63) is 63.7 Å². The lowest BCUT2D eigenvalue weighted by Crippen LogP contribution is -2.15. The summed E-state index contributed by atoms with van der Waals surface area (Å²) < 4.78 is 0. The predicted molar refractivity (Wildman–Crippen MR) is 104 cm³/mol. The number of carbonyl (C=O) groups excluding carboxylic acids is 1. The lowest BCUT2D eigenvalue weighted by Gasteiger charge is -2.08. The Labute approximate surface area is 159 Å². The van der Waals surface area contributed by atoms with Crippen molar-refractivity contribution in [2.24, 2.45) is 0 Å². The number of nitrogens with one attached hydrogen (secondary N) is 2. The van der Waals surface area contributed by atoms with E-state index in [0.29, 0.717) is 16.5 Å². The van der Waals surface area contributed by atoms with Crippen LogP contribution in [-0.2, 0) is 4.79 Å². The second-order valence-electron chi connectivity index (χ2n) is 5.93. The van der Waals surface area contributed by atoms with Crippen molar-refractivity contribution in [2.75, 3.05) is 11.1 Å². The number of H-pyrrole nitrogens is 1. The molecule has 2 aromatic carbocycles. The number of non-ortho nitro benzene ring substituents is 1. The monoisotopic (exact) mass is 383 g/mol. The largest absolute Gasteiger partial charge is 0.325 e. The molecule has 1 aromatic heterocycles. The molecule has 2 N–H and O–H groups in total. The zero-order chi connectivity index (χ0) is 19.4. The number of thioether (sulfide) groups is 1. The van der Waals surface area contributed by atoms with Crippen LogP contribution >= 0.6 is 11.8 Å². The highest BCUT2D eigenvalue weighted by molar-refractivity contribution is 7.99. The summed E-state index contributed by atoms with van der Waals surface area (Å²) in [6, 6.07) is 11.9. The van der Waals surface area contributed by atoms with Crippen molar-refractivity contribution >= 4 is 29.0 Å². The van der Waals surface area contributed by atoms with E-state index in [-0.39, 0.29) is 17.3 Å². The highest BCUT2D eigenvalue weighted by Crippen LogP contribution is 2.23. The van der Waals surface area contributed by atoms with Crippen molar-refractivity contribution in [1.29, 1.82) is 0 Å². The van der Waals surface area contributed by atoms with Gasteiger partial charge in [-0.2, -0.15) is 0 Å². The van der Waals surface area contributed by atoms with Gasteiger partial charge in [0.05, 0.1) is 10.7 Å². The minimum absolute atomic E-state index is 0.0223. The lowest BCUT2D eigenvalue weighted by molar-refractivity contribution is -0.384. The zero-order valence-electron chi connectivity index (χ0n) is 14.7. The number of nitrogens with zero attached hydrogens (tertiary/aromatic N) is 3. The lowest BCUT2D eigenvalue weighted by atomic mass is 10.1. The number of benzene rings is 2. The number of nitro benzene ring substituents is 1. The molecule has 0 saturated heterocycles. The number of aromatic amines is 1. The third-order valence-electron chi connectivity index (χ3n) is 3.78. The van der Waals surface area contributed by atoms with E-state index >= 15 is 0 Å². The van der Waals surface area contributed by atoms with Gasteiger partial charge in [0.1, 0.15) is 0 Å². The van der Waals surface area contributed by atoms with Crippen LogP contribution in [-0.4, -0.2) is 31.8 Å². The molecule has 0 fully saturated rings. The van der Waals surface area contributed by atoms with Gasteiger partial charge in [-0.3, -0.25) is 20.0 Å². The molecule has 0 aliphatic rings. The van der Waals surface area contributed by atoms with Gasteiger partial charge in [-0.05, 0) is 25.5 Å². The van der Waals surface area contributed by atoms with Crippen LogP contribution in [0.4, 0.5) is 11.4 Å². The Balaban J connectivity index is 1.62. The smallest absolute Gasteiger partial charge is 0.270 e. The summed E-state index contributed by atoms with van der Waals surface area (Å²) >= 11 is 1.18. The van der Waals surface area contributed by atoms with Crippen LogP contribution in [0.1, 0.15) is 11.1 Å². The maximum Gasteiger partial charge on any atom is 0.270 e. The Morgan fingerprint density at radius 3 is 2.81 bits per heavy atom. The highest BCUT2D eigenvalue weighted by Gasteiger charge is 2.12. The molecule has 1 amide bonds. The molecule has 0 bridgehead atoms. The van der Waals surface area contributed by atoms with Crippen LogP contribution in [0.5, 0.6) is 0 Å². The Kier molecular flexibility index (Phi) is 5.51. The maximum absolute atomic E-state index is 12.1. The number of hydrogen-bond acceptors (Lipinski definition) is 6. The average molecular weight is 383 g/mol. The van der Waals surface area contributed by atoms with Crippen molar-refractivity contribution in [1.82, 2.24) is 15.2 Å². The van der Waals surface area contributed by atoms with E-state index in [1.807, 2.05) is 32.0 Å². The first kappa shape index (κ1) is 18.6. The SMILES string of the molecule is Cc1ccc(NC(=O)CSc2n[nH]c(-c3cccc([N+](=O)[O-])c3)n2)c(C)c1. The number of rotatable bonds is 6. The van der Waals surface area contributed by atoms with Crippen LogP contribution in [0.2, 0.25) is 0 Å². The third kappa shape index (κ3) is 4.70. The number of amides is 1. The second-order valence-corrected chi connectivity index (χ2v) is 6.87. The van der Waals surface area contributed by atoms with E-state index in [4.69, 9.17) is 0 Å². The summed E-state index contributed by atoms with van der Waals surface area (Å²) in [5.74, 6) is 0.407. The highest BCUT2D eigenvalue weighted by atomic mass is 32.2. The molecule has 0 unspecified atom stereocenters. The van der Waals surface area contributed by atoms with Gasteiger partial charge in [0, 0.05) is 23.4 Å². The average Bonchev–Trinajstić information content (AvgIpc) is 3.11. The molecule has 0 radical (unpaired) electrons. The van der Waals surface area contributed by atoms with Crippen molar-refractivity contribution < 1.29 is 9.72 Å². The molecule has 1 heterocycles. The van der Waals surface area contributed by atoms with Gasteiger partial charge >= 0.3 is 0 Å². The van der Waals surface area contributed by atoms with Gasteiger partial charge in [-0.25, -0.2) is 4.98 Å². The van der Waals surface area contributed by atoms with E-state index in [1.54, 1.807) is 12.1 Å². The normalized spacial score (nSPS) is 10.6. The van der Waals surface area contributed by atoms with Crippen LogP contribution in [0, 0.1) is 24.0 Å². The molecule has 9 heteroatoms. The van der Waals surface area contributed by atoms with Crippen molar-refractivity contribution in [3.8, 4) is 11.4 Å². The third-order valence-corrected chi connectivity index (χ3v) is 4.63. The van der Waals surface area contributed by atoms with Crippen LogP contribution in [0.15, 0.2) is 47.6 Å². The van der Waals surface area contributed by atoms with Gasteiger partial charge in [-0.15, -0.1) is 5.10 Å². The van der Waals surface area contributed by atoms with Crippen LogP contribution in [0.25, 0.3) is 11.4 Å². The molecule has 0 spiro atoms. The molecule has 138 valence electrons. The molecule has 0 aliphatic heterocycles. The van der Waals surface area contributed by atoms with Gasteiger partial charge in [-0.1, -0.05) is 41.6 Å². The molecule has 8 nitrogen and oxygen atoms in total. The van der Waals surface area contributed by atoms with E-state index < -0.39 is 4.92 Å². The number of carbonyl (C=O) groups is 1. The Hall–Kier alpha value is -3.20. The number of aryl methyl sites for hydroxylation is 2. The first-order valence-electron chi connectivity index (χ1n) is 8.09. The van der Waals surface area contributed by atoms with Crippen LogP contribution in [0.3, 0.4) is 0 Å². The van der Waals surface area contributed by atoms with E-state index in [0.717, 1.165) is 16.8 Å². The summed E-state index contributed by atoms with van der Waals surface area (Å²) in [5, 5.41) is 20.9. The second kappa shape index (κ2) is 8.00. The molecule has 27 heavy (non-hydrogen) atoms. The molecule has 3 aromatic rings. The first-order chi connectivity index (χ1) is 12.9. The van der Waals surface area contributed by atoms with Gasteiger partial charge in [0.2, 0.25) is 11.1 Å². The number of hydrogen-bond donors (Lipinski definition) is 2.